The third kappa shape index (κ3) is 4.29. The van der Waals surface area contributed by atoms with Crippen LogP contribution in [0.3, 0.4) is 0 Å². The zero-order valence-corrected chi connectivity index (χ0v) is 14.9. The van der Waals surface area contributed by atoms with Crippen LogP contribution in [0.4, 0.5) is 0 Å². The van der Waals surface area contributed by atoms with Crippen LogP contribution in [-0.2, 0) is 14.8 Å². The van der Waals surface area contributed by atoms with Gasteiger partial charge in [-0.25, -0.2) is 13.1 Å². The Morgan fingerprint density at radius 3 is 2.38 bits per heavy atom. The smallest absolute Gasteiger partial charge is 0.264 e. The second kappa shape index (κ2) is 7.41. The summed E-state index contributed by atoms with van der Waals surface area (Å²) in [6, 6.07) is 19.5. The van der Waals surface area contributed by atoms with Gasteiger partial charge in [0, 0.05) is 6.08 Å². The second-order valence-corrected chi connectivity index (χ2v) is 7.39. The van der Waals surface area contributed by atoms with Crippen LogP contribution in [0.25, 0.3) is 10.8 Å². The lowest BCUT2D eigenvalue weighted by atomic mass is 10.1. The third-order valence-electron chi connectivity index (χ3n) is 3.71. The molecule has 0 aliphatic rings. The number of fused-ring (bicyclic) bond motifs is 1. The first-order valence-corrected chi connectivity index (χ1v) is 9.38. The summed E-state index contributed by atoms with van der Waals surface area (Å²) in [5.74, 6) is -0.236. The van der Waals surface area contributed by atoms with Crippen molar-refractivity contribution in [1.82, 2.24) is 4.72 Å². The highest BCUT2D eigenvalue weighted by atomic mass is 32.2. The highest BCUT2D eigenvalue weighted by Crippen LogP contribution is 2.20. The van der Waals surface area contributed by atoms with Crippen LogP contribution in [0.15, 0.2) is 84.0 Å². The van der Waals surface area contributed by atoms with Gasteiger partial charge < -0.3 is 4.74 Å². The number of carbonyl (C=O) groups is 1. The van der Waals surface area contributed by atoms with Crippen LogP contribution in [-0.4, -0.2) is 14.3 Å². The minimum absolute atomic E-state index is 0.0281. The maximum Gasteiger partial charge on any atom is 0.264 e. The summed E-state index contributed by atoms with van der Waals surface area (Å²) in [6.07, 6.45) is 2.19. The fourth-order valence-corrected chi connectivity index (χ4v) is 3.30. The van der Waals surface area contributed by atoms with Gasteiger partial charge in [-0.05, 0) is 42.0 Å². The molecule has 0 saturated heterocycles. The Morgan fingerprint density at radius 2 is 1.65 bits per heavy atom. The normalized spacial score (nSPS) is 11.6. The fraction of sp³-hybridized carbons (Fsp3) is 0.0500. The number of amides is 1. The number of hydrogen-bond acceptors (Lipinski definition) is 4. The highest BCUT2D eigenvalue weighted by molar-refractivity contribution is 7.90. The van der Waals surface area contributed by atoms with Gasteiger partial charge >= 0.3 is 0 Å². The lowest BCUT2D eigenvalue weighted by Crippen LogP contribution is -2.29. The molecule has 0 heterocycles. The van der Waals surface area contributed by atoms with Crippen LogP contribution < -0.4 is 9.46 Å². The maximum atomic E-state index is 12.1. The Morgan fingerprint density at radius 1 is 0.962 bits per heavy atom. The minimum atomic E-state index is -3.91. The van der Waals surface area contributed by atoms with Crippen molar-refractivity contribution in [3.63, 3.8) is 0 Å². The molecule has 1 N–H and O–H groups in total. The summed E-state index contributed by atoms with van der Waals surface area (Å²) in [6.45, 7) is 1.85. The molecule has 132 valence electrons. The molecule has 0 aliphatic carbocycles. The van der Waals surface area contributed by atoms with Crippen molar-refractivity contribution >= 4 is 26.7 Å². The van der Waals surface area contributed by atoms with E-state index in [0.29, 0.717) is 5.75 Å². The van der Waals surface area contributed by atoms with Crippen molar-refractivity contribution in [3.05, 3.63) is 84.6 Å². The van der Waals surface area contributed by atoms with Crippen molar-refractivity contribution < 1.29 is 17.9 Å². The van der Waals surface area contributed by atoms with E-state index < -0.39 is 15.9 Å². The Hall–Kier alpha value is -3.12. The summed E-state index contributed by atoms with van der Waals surface area (Å²) in [7, 11) is -3.91. The highest BCUT2D eigenvalue weighted by Gasteiger charge is 2.15. The average molecular weight is 367 g/mol. The third-order valence-corrected chi connectivity index (χ3v) is 5.07. The molecule has 0 unspecified atom stereocenters. The lowest BCUT2D eigenvalue weighted by molar-refractivity contribution is -0.114. The van der Waals surface area contributed by atoms with Gasteiger partial charge in [0.1, 0.15) is 5.75 Å². The topological polar surface area (TPSA) is 72.5 Å². The monoisotopic (exact) mass is 367 g/mol. The molecule has 5 nitrogen and oxygen atoms in total. The number of nitrogens with one attached hydrogen (secondary N) is 1. The largest absolute Gasteiger partial charge is 0.465 e. The lowest BCUT2D eigenvalue weighted by Gasteiger charge is -2.05. The van der Waals surface area contributed by atoms with Crippen LogP contribution >= 0.6 is 0 Å². The first kappa shape index (κ1) is 17.7. The minimum Gasteiger partial charge on any atom is -0.465 e. The molecule has 3 aromatic carbocycles. The average Bonchev–Trinajstić information content (AvgIpc) is 2.61. The number of benzene rings is 3. The van der Waals surface area contributed by atoms with Gasteiger partial charge in [-0.3, -0.25) is 4.79 Å². The first-order chi connectivity index (χ1) is 12.4. The van der Waals surface area contributed by atoms with Crippen LogP contribution in [0.5, 0.6) is 5.75 Å². The predicted octanol–water partition coefficient (Wildman–Crippen LogP) is 3.55. The molecular formula is C20H17NO4S. The van der Waals surface area contributed by atoms with E-state index in [0.717, 1.165) is 28.7 Å². The number of carbonyl (C=O) groups excluding carboxylic acids is 1. The van der Waals surface area contributed by atoms with Gasteiger partial charge in [0.05, 0.1) is 11.2 Å². The molecule has 0 aliphatic heterocycles. The van der Waals surface area contributed by atoms with Gasteiger partial charge in [-0.2, -0.15) is 0 Å². The van der Waals surface area contributed by atoms with Crippen LogP contribution in [0.1, 0.15) is 5.56 Å². The van der Waals surface area contributed by atoms with E-state index in [1.807, 2.05) is 48.0 Å². The molecule has 0 saturated carbocycles. The van der Waals surface area contributed by atoms with Crippen molar-refractivity contribution in [3.8, 4) is 5.75 Å². The molecule has 3 rings (SSSR count). The standard InChI is InChI=1S/C20H17NO4S/c1-15-6-10-19(11-7-15)26(23,24)21-20(22)12-13-25-18-9-8-16-4-2-3-5-17(16)14-18/h2-14H,1H3,(H,21,22)/b13-12+. The quantitative estimate of drug-likeness (QED) is 0.553. The van der Waals surface area contributed by atoms with E-state index in [1.165, 1.54) is 12.1 Å². The van der Waals surface area contributed by atoms with E-state index in [-0.39, 0.29) is 4.90 Å². The molecule has 0 spiro atoms. The maximum absolute atomic E-state index is 12.1. The number of rotatable bonds is 5. The molecule has 0 atom stereocenters. The summed E-state index contributed by atoms with van der Waals surface area (Å²) in [5, 5.41) is 2.08. The van der Waals surface area contributed by atoms with Gasteiger partial charge in [0.2, 0.25) is 0 Å². The van der Waals surface area contributed by atoms with Gasteiger partial charge in [0.25, 0.3) is 15.9 Å². The summed E-state index contributed by atoms with van der Waals surface area (Å²) in [4.78, 5) is 11.9. The van der Waals surface area contributed by atoms with Gasteiger partial charge in [-0.1, -0.05) is 48.0 Å². The van der Waals surface area contributed by atoms with Crippen LogP contribution in [0.2, 0.25) is 0 Å². The second-order valence-electron chi connectivity index (χ2n) is 5.71. The van der Waals surface area contributed by atoms with Crippen molar-refractivity contribution in [2.24, 2.45) is 0 Å². The molecule has 3 aromatic rings. The van der Waals surface area contributed by atoms with E-state index >= 15 is 0 Å². The van der Waals surface area contributed by atoms with E-state index in [2.05, 4.69) is 0 Å². The van der Waals surface area contributed by atoms with Gasteiger partial charge in [-0.15, -0.1) is 0 Å². The molecule has 0 aromatic heterocycles. The zero-order chi connectivity index (χ0) is 18.6. The fourth-order valence-electron chi connectivity index (χ4n) is 2.36. The SMILES string of the molecule is Cc1ccc(S(=O)(=O)NC(=O)/C=C/Oc2ccc3ccccc3c2)cc1. The summed E-state index contributed by atoms with van der Waals surface area (Å²) >= 11 is 0. The molecule has 1 amide bonds. The van der Waals surface area contributed by atoms with Gasteiger partial charge in [0.15, 0.2) is 0 Å². The van der Waals surface area contributed by atoms with E-state index in [1.54, 1.807) is 18.2 Å². The van der Waals surface area contributed by atoms with Crippen LogP contribution in [0, 0.1) is 6.92 Å². The number of sulfonamides is 1. The molecule has 0 fully saturated rings. The molecular weight excluding hydrogens is 350 g/mol. The number of aryl methyl sites for hydroxylation is 1. The van der Waals surface area contributed by atoms with Crippen molar-refractivity contribution in [2.75, 3.05) is 0 Å². The molecule has 0 bridgehead atoms. The number of ether oxygens (including phenoxy) is 1. The Balaban J connectivity index is 1.64. The van der Waals surface area contributed by atoms with E-state index in [4.69, 9.17) is 4.74 Å². The zero-order valence-electron chi connectivity index (χ0n) is 14.0. The molecule has 26 heavy (non-hydrogen) atoms. The predicted molar refractivity (Wildman–Crippen MR) is 100 cm³/mol. The van der Waals surface area contributed by atoms with Crippen molar-refractivity contribution in [2.45, 2.75) is 11.8 Å². The van der Waals surface area contributed by atoms with E-state index in [9.17, 15) is 13.2 Å². The number of hydrogen-bond donors (Lipinski definition) is 1. The Bertz CT molecular complexity index is 1070. The Labute approximate surface area is 152 Å². The Kier molecular flexibility index (Phi) is 5.04. The summed E-state index contributed by atoms with van der Waals surface area (Å²) in [5.41, 5.74) is 0.930. The molecule has 0 radical (unpaired) electrons. The van der Waals surface area contributed by atoms with Crippen molar-refractivity contribution in [1.29, 1.82) is 0 Å². The summed E-state index contributed by atoms with van der Waals surface area (Å²) < 4.78 is 31.6. The molecule has 6 heteroatoms. The first-order valence-electron chi connectivity index (χ1n) is 7.89.